The van der Waals surface area contributed by atoms with Crippen LogP contribution in [0.3, 0.4) is 0 Å². The van der Waals surface area contributed by atoms with Crippen LogP contribution in [0.15, 0.2) is 65.6 Å². The van der Waals surface area contributed by atoms with Crippen LogP contribution >= 0.6 is 11.8 Å². The fourth-order valence-electron chi connectivity index (χ4n) is 4.58. The van der Waals surface area contributed by atoms with Gasteiger partial charge in [-0.1, -0.05) is 60.3 Å². The van der Waals surface area contributed by atoms with Crippen molar-refractivity contribution in [3.63, 3.8) is 0 Å². The molecule has 0 aliphatic carbocycles. The predicted octanol–water partition coefficient (Wildman–Crippen LogP) is 0.164. The number of hydrogen-bond acceptors (Lipinski definition) is 11. The first-order chi connectivity index (χ1) is 17.5. The SMILES string of the molecule is OC[C@H]1O[C@@H](Sc2ccccc2)[C@H](O)[C@@H](O)[C@@H]1O[C@H]1O[C@@H]2CO[C@@H](c3ccccc3)O[C@H]2[C@H](O)[C@H]1O. The zero-order valence-electron chi connectivity index (χ0n) is 19.2. The third-order valence-electron chi connectivity index (χ3n) is 6.51. The third kappa shape index (κ3) is 5.33. The normalized spacial score (nSPS) is 41.0. The quantitative estimate of drug-likeness (QED) is 0.354. The molecule has 0 amide bonds. The molecule has 3 aliphatic rings. The average Bonchev–Trinajstić information content (AvgIpc) is 2.92. The molecule has 3 heterocycles. The Labute approximate surface area is 212 Å². The Bertz CT molecular complexity index is 964. The maximum Gasteiger partial charge on any atom is 0.187 e. The molecule has 36 heavy (non-hydrogen) atoms. The summed E-state index contributed by atoms with van der Waals surface area (Å²) < 4.78 is 29.1. The molecule has 2 aromatic carbocycles. The molecule has 0 unspecified atom stereocenters. The fourth-order valence-corrected chi connectivity index (χ4v) is 5.66. The summed E-state index contributed by atoms with van der Waals surface area (Å²) in [5.41, 5.74) is -0.0946. The van der Waals surface area contributed by atoms with E-state index in [1.54, 1.807) is 0 Å². The lowest BCUT2D eigenvalue weighted by Crippen LogP contribution is -2.65. The van der Waals surface area contributed by atoms with Crippen molar-refractivity contribution in [2.75, 3.05) is 13.2 Å². The third-order valence-corrected chi connectivity index (χ3v) is 7.68. The average molecular weight is 523 g/mol. The molecule has 10 nitrogen and oxygen atoms in total. The van der Waals surface area contributed by atoms with E-state index in [-0.39, 0.29) is 6.61 Å². The Morgan fingerprint density at radius 1 is 0.806 bits per heavy atom. The Hall–Kier alpha value is -1.61. The van der Waals surface area contributed by atoms with Gasteiger partial charge in [-0.3, -0.25) is 0 Å². The number of aliphatic hydroxyl groups excluding tert-OH is 5. The van der Waals surface area contributed by atoms with Crippen molar-refractivity contribution in [2.45, 2.75) is 71.7 Å². The first kappa shape index (κ1) is 26.0. The van der Waals surface area contributed by atoms with Crippen LogP contribution in [-0.4, -0.2) is 99.3 Å². The molecule has 5 N–H and O–H groups in total. The van der Waals surface area contributed by atoms with Gasteiger partial charge in [0.15, 0.2) is 12.6 Å². The molecule has 2 aromatic rings. The summed E-state index contributed by atoms with van der Waals surface area (Å²) >= 11 is 1.21. The van der Waals surface area contributed by atoms with Gasteiger partial charge in [0.2, 0.25) is 0 Å². The van der Waals surface area contributed by atoms with Gasteiger partial charge < -0.3 is 49.2 Å². The summed E-state index contributed by atoms with van der Waals surface area (Å²) in [6, 6.07) is 18.4. The van der Waals surface area contributed by atoms with Gasteiger partial charge >= 0.3 is 0 Å². The highest BCUT2D eigenvalue weighted by Crippen LogP contribution is 2.38. The standard InChI is InChI=1S/C25H30O10S/c26-11-15-21(18(28)20(30)25(33-15)36-14-9-5-2-6-10-14)35-24-19(29)17(27)22-16(32-24)12-31-23(34-22)13-7-3-1-4-8-13/h1-10,15-30H,11-12H2/t15-,16-,17-,18-,19-,20-,21-,22-,23-,24-,25+/m1/s1. The Morgan fingerprint density at radius 2 is 1.50 bits per heavy atom. The molecule has 0 spiro atoms. The van der Waals surface area contributed by atoms with Gasteiger partial charge in [-0.05, 0) is 12.1 Å². The van der Waals surface area contributed by atoms with Crippen molar-refractivity contribution in [3.8, 4) is 0 Å². The molecule has 0 radical (unpaired) electrons. The number of thioether (sulfide) groups is 1. The van der Waals surface area contributed by atoms with Gasteiger partial charge in [0.25, 0.3) is 0 Å². The monoisotopic (exact) mass is 522 g/mol. The summed E-state index contributed by atoms with van der Waals surface area (Å²) in [5.74, 6) is 0. The first-order valence-corrected chi connectivity index (χ1v) is 12.7. The molecule has 3 aliphatic heterocycles. The van der Waals surface area contributed by atoms with E-state index in [0.29, 0.717) is 0 Å². The van der Waals surface area contributed by atoms with Crippen molar-refractivity contribution in [2.24, 2.45) is 0 Å². The highest BCUT2D eigenvalue weighted by Gasteiger charge is 2.52. The molecule has 3 saturated heterocycles. The van der Waals surface area contributed by atoms with E-state index in [0.717, 1.165) is 10.5 Å². The number of aliphatic hydroxyl groups is 5. The molecule has 0 bridgehead atoms. The largest absolute Gasteiger partial charge is 0.394 e. The minimum absolute atomic E-state index is 0.0689. The summed E-state index contributed by atoms with van der Waals surface area (Å²) in [7, 11) is 0. The van der Waals surface area contributed by atoms with Gasteiger partial charge in [0.1, 0.15) is 54.3 Å². The smallest absolute Gasteiger partial charge is 0.187 e. The predicted molar refractivity (Wildman–Crippen MR) is 126 cm³/mol. The van der Waals surface area contributed by atoms with Gasteiger partial charge in [-0.15, -0.1) is 0 Å². The minimum Gasteiger partial charge on any atom is -0.394 e. The fraction of sp³-hybridized carbons (Fsp3) is 0.520. The van der Waals surface area contributed by atoms with Crippen LogP contribution in [0.4, 0.5) is 0 Å². The highest BCUT2D eigenvalue weighted by molar-refractivity contribution is 7.99. The lowest BCUT2D eigenvalue weighted by molar-refractivity contribution is -0.377. The second kappa shape index (κ2) is 11.4. The molecule has 0 saturated carbocycles. The van der Waals surface area contributed by atoms with Crippen molar-refractivity contribution in [3.05, 3.63) is 66.2 Å². The Balaban J connectivity index is 1.24. The van der Waals surface area contributed by atoms with Crippen molar-refractivity contribution >= 4 is 11.8 Å². The van der Waals surface area contributed by atoms with Crippen molar-refractivity contribution in [1.29, 1.82) is 0 Å². The van der Waals surface area contributed by atoms with Crippen LogP contribution < -0.4 is 0 Å². The molecule has 196 valence electrons. The number of rotatable bonds is 6. The van der Waals surface area contributed by atoms with Gasteiger partial charge in [-0.2, -0.15) is 0 Å². The zero-order valence-corrected chi connectivity index (χ0v) is 20.0. The van der Waals surface area contributed by atoms with E-state index in [2.05, 4.69) is 0 Å². The van der Waals surface area contributed by atoms with E-state index >= 15 is 0 Å². The van der Waals surface area contributed by atoms with E-state index in [1.165, 1.54) is 11.8 Å². The lowest BCUT2D eigenvalue weighted by Gasteiger charge is -2.48. The molecule has 5 rings (SSSR count). The summed E-state index contributed by atoms with van der Waals surface area (Å²) in [4.78, 5) is 0.816. The van der Waals surface area contributed by atoms with E-state index in [4.69, 9.17) is 23.7 Å². The molecular formula is C25H30O10S. The molecule has 11 heteroatoms. The maximum absolute atomic E-state index is 10.8. The van der Waals surface area contributed by atoms with Gasteiger partial charge in [-0.25, -0.2) is 0 Å². The van der Waals surface area contributed by atoms with Crippen LogP contribution in [-0.2, 0) is 23.7 Å². The van der Waals surface area contributed by atoms with Crippen LogP contribution in [0.1, 0.15) is 11.9 Å². The van der Waals surface area contributed by atoms with Crippen molar-refractivity contribution in [1.82, 2.24) is 0 Å². The van der Waals surface area contributed by atoms with Crippen LogP contribution in [0.2, 0.25) is 0 Å². The van der Waals surface area contributed by atoms with E-state index in [9.17, 15) is 25.5 Å². The molecule has 0 aromatic heterocycles. The number of hydrogen-bond donors (Lipinski definition) is 5. The van der Waals surface area contributed by atoms with Crippen LogP contribution in [0.5, 0.6) is 0 Å². The Morgan fingerprint density at radius 3 is 2.19 bits per heavy atom. The van der Waals surface area contributed by atoms with E-state index in [1.807, 2.05) is 60.7 Å². The number of fused-ring (bicyclic) bond motifs is 1. The lowest BCUT2D eigenvalue weighted by atomic mass is 9.96. The van der Waals surface area contributed by atoms with Crippen molar-refractivity contribution < 1.29 is 49.2 Å². The first-order valence-electron chi connectivity index (χ1n) is 11.8. The second-order valence-corrected chi connectivity index (χ2v) is 10.1. The zero-order chi connectivity index (χ0) is 25.2. The van der Waals surface area contributed by atoms with Crippen LogP contribution in [0.25, 0.3) is 0 Å². The summed E-state index contributed by atoms with van der Waals surface area (Å²) in [6.45, 7) is -0.442. The molecular weight excluding hydrogens is 492 g/mol. The van der Waals surface area contributed by atoms with Gasteiger partial charge in [0, 0.05) is 10.5 Å². The topological polar surface area (TPSA) is 147 Å². The minimum atomic E-state index is -1.53. The maximum atomic E-state index is 10.8. The van der Waals surface area contributed by atoms with Crippen LogP contribution in [0, 0.1) is 0 Å². The number of benzene rings is 2. The van der Waals surface area contributed by atoms with E-state index < -0.39 is 73.5 Å². The Kier molecular flexibility index (Phi) is 8.25. The van der Waals surface area contributed by atoms with Gasteiger partial charge in [0.05, 0.1) is 13.2 Å². The summed E-state index contributed by atoms with van der Waals surface area (Å²) in [5, 5.41) is 53.0. The second-order valence-electron chi connectivity index (χ2n) is 8.94. The summed E-state index contributed by atoms with van der Waals surface area (Å²) in [6.07, 6.45) is -11.7. The molecule has 11 atom stereocenters. The molecule has 3 fully saturated rings. The number of ether oxygens (including phenoxy) is 5. The highest BCUT2D eigenvalue weighted by atomic mass is 32.2.